The van der Waals surface area contributed by atoms with Crippen LogP contribution in [0.25, 0.3) is 0 Å². The highest BCUT2D eigenvalue weighted by atomic mass is 35.5. The van der Waals surface area contributed by atoms with Crippen molar-refractivity contribution in [3.05, 3.63) is 64.4 Å². The van der Waals surface area contributed by atoms with Gasteiger partial charge in [0.15, 0.2) is 0 Å². The van der Waals surface area contributed by atoms with Crippen LogP contribution in [0, 0.1) is 18.7 Å². The predicted octanol–water partition coefficient (Wildman–Crippen LogP) is 1.69. The maximum atomic E-state index is 14.8. The molecule has 16 nitrogen and oxygen atoms in total. The third-order valence-corrected chi connectivity index (χ3v) is 13.1. The van der Waals surface area contributed by atoms with Crippen molar-refractivity contribution < 1.29 is 46.9 Å². The summed E-state index contributed by atoms with van der Waals surface area (Å²) in [4.78, 5) is 102. The van der Waals surface area contributed by atoms with E-state index in [1.165, 1.54) is 40.7 Å². The molecule has 0 aliphatic carbocycles. The lowest BCUT2D eigenvalue weighted by atomic mass is 9.94. The largest absolute Gasteiger partial charge is 0.373 e. The van der Waals surface area contributed by atoms with Crippen LogP contribution >= 0.6 is 11.6 Å². The Morgan fingerprint density at radius 2 is 1.80 bits per heavy atom. The van der Waals surface area contributed by atoms with Crippen molar-refractivity contribution >= 4 is 69.9 Å². The maximum Gasteiger partial charge on any atom is 0.319 e. The van der Waals surface area contributed by atoms with E-state index in [0.717, 1.165) is 11.6 Å². The number of halogens is 2. The fourth-order valence-electron chi connectivity index (χ4n) is 8.51. The van der Waals surface area contributed by atoms with Gasteiger partial charge in [0.25, 0.3) is 0 Å². The average Bonchev–Trinajstić information content (AvgIpc) is 3.83. The smallest absolute Gasteiger partial charge is 0.319 e. The van der Waals surface area contributed by atoms with Gasteiger partial charge in [-0.3, -0.25) is 28.2 Å². The van der Waals surface area contributed by atoms with Crippen LogP contribution < -0.4 is 21.3 Å². The number of nitrogens with one attached hydrogen (secondary N) is 4. The highest BCUT2D eigenvalue weighted by molar-refractivity contribution is 7.85. The van der Waals surface area contributed by atoms with Gasteiger partial charge in [-0.1, -0.05) is 48.4 Å². The minimum absolute atomic E-state index is 0.0315. The molecule has 60 heavy (non-hydrogen) atoms. The van der Waals surface area contributed by atoms with Crippen molar-refractivity contribution in [3.63, 3.8) is 0 Å². The van der Waals surface area contributed by atoms with Crippen LogP contribution in [0.3, 0.4) is 0 Å². The van der Waals surface area contributed by atoms with E-state index in [2.05, 4.69) is 21.3 Å². The first kappa shape index (κ1) is 44.6. The van der Waals surface area contributed by atoms with E-state index in [4.69, 9.17) is 16.3 Å². The first-order valence-corrected chi connectivity index (χ1v) is 21.9. The number of rotatable bonds is 7. The molecule has 0 saturated carbocycles. The summed E-state index contributed by atoms with van der Waals surface area (Å²) < 4.78 is 33.8. The average molecular weight is 872 g/mol. The zero-order valence-electron chi connectivity index (χ0n) is 33.9. The summed E-state index contributed by atoms with van der Waals surface area (Å²) in [7, 11) is -1.44. The van der Waals surface area contributed by atoms with Crippen LogP contribution in [0.1, 0.15) is 51.2 Å². The van der Waals surface area contributed by atoms with Crippen LogP contribution in [0.4, 0.5) is 14.9 Å². The number of ether oxygens (including phenoxy) is 1. The van der Waals surface area contributed by atoms with Crippen molar-refractivity contribution in [2.45, 2.75) is 95.2 Å². The van der Waals surface area contributed by atoms with E-state index in [0.29, 0.717) is 18.3 Å². The van der Waals surface area contributed by atoms with Crippen molar-refractivity contribution in [1.82, 2.24) is 30.7 Å². The minimum atomic E-state index is -1.49. The molecule has 4 saturated heterocycles. The number of urea groups is 1. The first-order valence-electron chi connectivity index (χ1n) is 20.0. The molecule has 4 heterocycles. The van der Waals surface area contributed by atoms with Crippen LogP contribution in [0.5, 0.6) is 0 Å². The van der Waals surface area contributed by atoms with E-state index < -0.39 is 94.0 Å². The molecule has 324 valence electrons. The molecule has 4 N–H and O–H groups in total. The Balaban J connectivity index is 1.35. The Hall–Kier alpha value is -4.94. The molecule has 0 bridgehead atoms. The monoisotopic (exact) mass is 871 g/mol. The minimum Gasteiger partial charge on any atom is -0.373 e. The summed E-state index contributed by atoms with van der Waals surface area (Å²) in [6.07, 6.45) is 0.286. The summed E-state index contributed by atoms with van der Waals surface area (Å²) >= 11 is 5.88. The molecule has 4 fully saturated rings. The number of hydrogen-bond acceptors (Lipinski definition) is 9. The zero-order valence-corrected chi connectivity index (χ0v) is 35.5. The number of benzene rings is 2. The molecule has 19 heteroatoms. The lowest BCUT2D eigenvalue weighted by Gasteiger charge is -2.40. The third-order valence-electron chi connectivity index (χ3n) is 11.6. The Kier molecular flexibility index (Phi) is 14.0. The van der Waals surface area contributed by atoms with Crippen molar-refractivity contribution in [2.24, 2.45) is 5.92 Å². The summed E-state index contributed by atoms with van der Waals surface area (Å²) in [5, 5.41) is 10.6. The second kappa shape index (κ2) is 18.8. The highest BCUT2D eigenvalue weighted by Gasteiger charge is 2.51. The fraction of sp³-hybridized carbons (Fsp3) is 0.537. The van der Waals surface area contributed by atoms with Crippen molar-refractivity contribution in [3.8, 4) is 0 Å². The SMILES string of the molecule is Cc1cccc(C[C@H](NC(=O)Nc2ccc(Cl)cc2F)C(=O)N[C@@H]2C(=O)N3CCC[C@H]3C(=O)N3CCS(=O)C[C@H]3C(=O)N[C@@H](C)C(=O)N3C[C@H](C)CC3(C=O)CO[C@H]2C)c1. The number of carbonyl (C=O) groups is 7. The van der Waals surface area contributed by atoms with E-state index in [1.54, 1.807) is 12.1 Å². The van der Waals surface area contributed by atoms with Gasteiger partial charge < -0.3 is 45.5 Å². The van der Waals surface area contributed by atoms with Gasteiger partial charge in [0.1, 0.15) is 47.9 Å². The lowest BCUT2D eigenvalue weighted by Crippen LogP contribution is -2.65. The number of aryl methyl sites for hydroxylation is 1. The number of amides is 7. The Morgan fingerprint density at radius 1 is 1.05 bits per heavy atom. The number of fused-ring (bicyclic) bond motifs is 3. The van der Waals surface area contributed by atoms with Crippen molar-refractivity contribution in [1.29, 1.82) is 0 Å². The van der Waals surface area contributed by atoms with Crippen LogP contribution in [-0.4, -0.2) is 140 Å². The standard InChI is InChI=1S/C41H51ClFN7O9S/c1-23-7-5-8-27(15-23)16-31(46-40(57)45-30-11-10-28(42)17-29(30)43)35(52)47-34-26(4)59-22-41(21-51)18-24(2)19-50(41)37(54)25(3)44-36(53)33-20-60(58)14-13-49(33)38(55)32-9-6-12-48(32)39(34)56/h5,7-8,10-11,15,17,21,24-26,31-34H,6,9,12-14,16,18-20,22H2,1-4H3,(H,44,53)(H,47,52)(H2,45,46,57)/t24-,25+,26+,31+,32+,33+,34+,41?,60?/m1/s1. The van der Waals surface area contributed by atoms with Gasteiger partial charge in [-0.15, -0.1) is 0 Å². The summed E-state index contributed by atoms with van der Waals surface area (Å²) in [6.45, 7) is 6.61. The van der Waals surface area contributed by atoms with Crippen LogP contribution in [-0.2, 0) is 50.7 Å². The molecule has 6 rings (SSSR count). The molecule has 2 aromatic rings. The molecule has 0 radical (unpaired) electrons. The highest BCUT2D eigenvalue weighted by Crippen LogP contribution is 2.34. The van der Waals surface area contributed by atoms with Gasteiger partial charge in [0, 0.05) is 47.6 Å². The number of aldehydes is 1. The summed E-state index contributed by atoms with van der Waals surface area (Å²) in [5.74, 6) is -4.32. The van der Waals surface area contributed by atoms with Gasteiger partial charge in [-0.05, 0) is 69.7 Å². The third kappa shape index (κ3) is 9.81. The number of carbonyl (C=O) groups excluding carboxylic acids is 7. The second-order valence-electron chi connectivity index (χ2n) is 16.2. The lowest BCUT2D eigenvalue weighted by molar-refractivity contribution is -0.154. The van der Waals surface area contributed by atoms with Crippen molar-refractivity contribution in [2.75, 3.05) is 43.1 Å². The number of nitrogens with zero attached hydrogens (tertiary/aromatic N) is 3. The number of hydrogen-bond donors (Lipinski definition) is 4. The molecular weight excluding hydrogens is 821 g/mol. The maximum absolute atomic E-state index is 14.8. The zero-order chi connectivity index (χ0) is 43.5. The summed E-state index contributed by atoms with van der Waals surface area (Å²) in [5.41, 5.74) is -0.147. The van der Waals surface area contributed by atoms with Gasteiger partial charge in [0.05, 0.1) is 24.2 Å². The van der Waals surface area contributed by atoms with E-state index >= 15 is 0 Å². The van der Waals surface area contributed by atoms with E-state index in [1.807, 2.05) is 26.0 Å². The van der Waals surface area contributed by atoms with Crippen LogP contribution in [0.2, 0.25) is 5.02 Å². The number of anilines is 1. The molecule has 2 unspecified atom stereocenters. The topological polar surface area (TPSA) is 204 Å². The second-order valence-corrected chi connectivity index (χ2v) is 18.3. The van der Waals surface area contributed by atoms with Crippen LogP contribution in [0.15, 0.2) is 42.5 Å². The molecule has 2 aromatic carbocycles. The summed E-state index contributed by atoms with van der Waals surface area (Å²) in [6, 6.07) is 3.77. The van der Waals surface area contributed by atoms with Gasteiger partial charge in [-0.2, -0.15) is 0 Å². The fourth-order valence-corrected chi connectivity index (χ4v) is 9.92. The normalized spacial score (nSPS) is 29.5. The molecular formula is C41H51ClFN7O9S. The van der Waals surface area contributed by atoms with Gasteiger partial charge >= 0.3 is 6.03 Å². The van der Waals surface area contributed by atoms with E-state index in [-0.39, 0.29) is 73.6 Å². The molecule has 0 aromatic heterocycles. The molecule has 4 aliphatic rings. The van der Waals surface area contributed by atoms with E-state index in [9.17, 15) is 42.2 Å². The predicted molar refractivity (Wildman–Crippen MR) is 220 cm³/mol. The Morgan fingerprint density at radius 3 is 2.52 bits per heavy atom. The molecule has 4 aliphatic heterocycles. The Bertz CT molecular complexity index is 2060. The Labute approximate surface area is 355 Å². The first-order chi connectivity index (χ1) is 28.5. The van der Waals surface area contributed by atoms with Gasteiger partial charge in [-0.25, -0.2) is 9.18 Å². The molecule has 7 amide bonds. The molecule has 9 atom stereocenters. The molecule has 0 spiro atoms. The quantitative estimate of drug-likeness (QED) is 0.299. The van der Waals surface area contributed by atoms with Gasteiger partial charge in [0.2, 0.25) is 29.5 Å².